The minimum Gasteiger partial charge on any atom is -0.365 e. The fourth-order valence-corrected chi connectivity index (χ4v) is 2.94. The lowest BCUT2D eigenvalue weighted by atomic mass is 10.1. The molecule has 0 saturated heterocycles. The van der Waals surface area contributed by atoms with Gasteiger partial charge in [0.15, 0.2) is 5.69 Å². The molecule has 3 aromatic rings. The lowest BCUT2D eigenvalue weighted by Crippen LogP contribution is -2.24. The molecule has 0 fully saturated rings. The molecule has 8 heteroatoms. The number of benzene rings is 1. The minimum atomic E-state index is -0.281. The largest absolute Gasteiger partial charge is 0.365 e. The second-order valence-corrected chi connectivity index (χ2v) is 6.26. The second kappa shape index (κ2) is 6.72. The van der Waals surface area contributed by atoms with Crippen LogP contribution in [-0.4, -0.2) is 25.9 Å². The van der Waals surface area contributed by atoms with Crippen LogP contribution >= 0.6 is 0 Å². The summed E-state index contributed by atoms with van der Waals surface area (Å²) in [5, 5.41) is 14.0. The molecule has 1 aliphatic rings. The number of H-pyrrole nitrogens is 1. The molecule has 2 N–H and O–H groups in total. The van der Waals surface area contributed by atoms with Crippen LogP contribution in [0.4, 0.5) is 4.39 Å². The topological polar surface area (TPSA) is 84.8 Å². The van der Waals surface area contributed by atoms with Crippen LogP contribution in [-0.2, 0) is 24.4 Å². The van der Waals surface area contributed by atoms with E-state index in [0.717, 1.165) is 22.5 Å². The number of rotatable bonds is 4. The van der Waals surface area contributed by atoms with E-state index in [1.54, 1.807) is 29.1 Å². The highest BCUT2D eigenvalue weighted by molar-refractivity contribution is 5.92. The van der Waals surface area contributed by atoms with Gasteiger partial charge in [-0.25, -0.2) is 4.39 Å². The number of aryl methyl sites for hydroxylation is 1. The van der Waals surface area contributed by atoms with E-state index in [0.29, 0.717) is 25.4 Å². The molecule has 0 saturated carbocycles. The number of carbonyl (C=O) groups excluding carboxylic acids is 1. The number of fused-ring (bicyclic) bond motifs is 1. The number of hydrogen-bond acceptors (Lipinski definition) is 4. The van der Waals surface area contributed by atoms with Crippen molar-refractivity contribution in [2.24, 2.45) is 0 Å². The molecule has 1 amide bonds. The van der Waals surface area contributed by atoms with E-state index in [9.17, 15) is 9.18 Å². The Labute approximate surface area is 149 Å². The third-order valence-corrected chi connectivity index (χ3v) is 4.48. The molecule has 1 aromatic carbocycles. The number of aromatic amines is 1. The van der Waals surface area contributed by atoms with Gasteiger partial charge in [0.05, 0.1) is 25.0 Å². The molecule has 4 rings (SSSR count). The average molecular weight is 355 g/mol. The summed E-state index contributed by atoms with van der Waals surface area (Å²) in [6.07, 6.45) is 1.47. The Balaban J connectivity index is 1.44. The quantitative estimate of drug-likeness (QED) is 0.752. The van der Waals surface area contributed by atoms with E-state index in [-0.39, 0.29) is 17.8 Å². The van der Waals surface area contributed by atoms with Gasteiger partial charge in [0.1, 0.15) is 11.9 Å². The predicted octanol–water partition coefficient (Wildman–Crippen LogP) is 2.26. The molecule has 0 bridgehead atoms. The van der Waals surface area contributed by atoms with E-state index in [1.807, 2.05) is 6.92 Å². The summed E-state index contributed by atoms with van der Waals surface area (Å²) in [5.41, 5.74) is 3.93. The monoisotopic (exact) mass is 355 g/mol. The van der Waals surface area contributed by atoms with Crippen molar-refractivity contribution in [3.05, 3.63) is 70.6 Å². The fourth-order valence-electron chi connectivity index (χ4n) is 2.94. The summed E-state index contributed by atoms with van der Waals surface area (Å²) >= 11 is 0. The standard InChI is InChI=1S/C18H18FN5O2/c1-11-13(8-21-22-11)7-20-18(25)16-6-15-10-26-17(9-24(15)23-16)12-2-4-14(19)5-3-12/h2-6,8,17H,7,9-10H2,1H3,(H,20,25)(H,21,22)/t17-/m0/s1. The zero-order chi connectivity index (χ0) is 18.1. The maximum absolute atomic E-state index is 13.1. The molecule has 7 nitrogen and oxygen atoms in total. The van der Waals surface area contributed by atoms with Gasteiger partial charge >= 0.3 is 0 Å². The molecule has 1 aliphatic heterocycles. The molecule has 3 heterocycles. The van der Waals surface area contributed by atoms with Crippen LogP contribution in [0.15, 0.2) is 36.5 Å². The molecule has 134 valence electrons. The summed E-state index contributed by atoms with van der Waals surface area (Å²) in [6, 6.07) is 7.96. The van der Waals surface area contributed by atoms with Crippen molar-refractivity contribution in [3.63, 3.8) is 0 Å². The maximum atomic E-state index is 13.1. The molecule has 1 atom stereocenters. The number of hydrogen-bond donors (Lipinski definition) is 2. The first-order valence-corrected chi connectivity index (χ1v) is 8.31. The van der Waals surface area contributed by atoms with E-state index >= 15 is 0 Å². The Morgan fingerprint density at radius 2 is 2.23 bits per heavy atom. The van der Waals surface area contributed by atoms with Gasteiger partial charge in [-0.1, -0.05) is 12.1 Å². The van der Waals surface area contributed by atoms with Crippen molar-refractivity contribution in [3.8, 4) is 0 Å². The van der Waals surface area contributed by atoms with Gasteiger partial charge < -0.3 is 10.1 Å². The molecule has 0 aliphatic carbocycles. The van der Waals surface area contributed by atoms with Crippen molar-refractivity contribution in [1.82, 2.24) is 25.3 Å². The molecule has 26 heavy (non-hydrogen) atoms. The van der Waals surface area contributed by atoms with Crippen LogP contribution in [0.5, 0.6) is 0 Å². The van der Waals surface area contributed by atoms with Crippen LogP contribution in [0.1, 0.15) is 39.1 Å². The summed E-state index contributed by atoms with van der Waals surface area (Å²) in [6.45, 7) is 3.12. The highest BCUT2D eigenvalue weighted by Crippen LogP contribution is 2.26. The zero-order valence-electron chi connectivity index (χ0n) is 14.2. The van der Waals surface area contributed by atoms with Gasteiger partial charge in [-0.15, -0.1) is 0 Å². The number of nitrogens with zero attached hydrogens (tertiary/aromatic N) is 3. The number of ether oxygens (including phenoxy) is 1. The minimum absolute atomic E-state index is 0.215. The molecule has 0 spiro atoms. The number of carbonyl (C=O) groups is 1. The smallest absolute Gasteiger partial charge is 0.272 e. The Morgan fingerprint density at radius 3 is 2.96 bits per heavy atom. The average Bonchev–Trinajstić information content (AvgIpc) is 3.25. The third-order valence-electron chi connectivity index (χ3n) is 4.48. The molecular formula is C18H18FN5O2. The van der Waals surface area contributed by atoms with Gasteiger partial charge in [-0.2, -0.15) is 10.2 Å². The number of nitrogens with one attached hydrogen (secondary N) is 2. The number of amides is 1. The van der Waals surface area contributed by atoms with Gasteiger partial charge in [-0.3, -0.25) is 14.6 Å². The van der Waals surface area contributed by atoms with Crippen LogP contribution in [0.2, 0.25) is 0 Å². The Bertz CT molecular complexity index is 931. The van der Waals surface area contributed by atoms with Gasteiger partial charge in [0.2, 0.25) is 0 Å². The van der Waals surface area contributed by atoms with Crippen LogP contribution < -0.4 is 5.32 Å². The normalized spacial score (nSPS) is 16.3. The SMILES string of the molecule is Cc1[nH]ncc1CNC(=O)c1cc2n(n1)C[C@@H](c1ccc(F)cc1)OC2. The van der Waals surface area contributed by atoms with Crippen LogP contribution in [0.25, 0.3) is 0 Å². The lowest BCUT2D eigenvalue weighted by Gasteiger charge is -2.24. The first-order chi connectivity index (χ1) is 12.6. The molecule has 2 aromatic heterocycles. The molecule has 0 radical (unpaired) electrons. The predicted molar refractivity (Wildman–Crippen MR) is 90.7 cm³/mol. The number of halogens is 1. The summed E-state index contributed by atoms with van der Waals surface area (Å²) in [7, 11) is 0. The maximum Gasteiger partial charge on any atom is 0.272 e. The first kappa shape index (κ1) is 16.5. The van der Waals surface area contributed by atoms with Crippen LogP contribution in [0.3, 0.4) is 0 Å². The molecule has 0 unspecified atom stereocenters. The van der Waals surface area contributed by atoms with E-state index in [1.165, 1.54) is 12.1 Å². The summed E-state index contributed by atoms with van der Waals surface area (Å²) in [5.74, 6) is -0.526. The van der Waals surface area contributed by atoms with Gasteiger partial charge in [0.25, 0.3) is 5.91 Å². The molecular weight excluding hydrogens is 337 g/mol. The Hall–Kier alpha value is -3.00. The highest BCUT2D eigenvalue weighted by atomic mass is 19.1. The summed E-state index contributed by atoms with van der Waals surface area (Å²) < 4.78 is 20.7. The van der Waals surface area contributed by atoms with Crippen molar-refractivity contribution in [2.75, 3.05) is 0 Å². The van der Waals surface area contributed by atoms with Crippen LogP contribution in [0, 0.1) is 12.7 Å². The van der Waals surface area contributed by atoms with E-state index in [2.05, 4.69) is 20.6 Å². The first-order valence-electron chi connectivity index (χ1n) is 8.31. The summed E-state index contributed by atoms with van der Waals surface area (Å²) in [4.78, 5) is 12.4. The Kier molecular flexibility index (Phi) is 4.26. The lowest BCUT2D eigenvalue weighted by molar-refractivity contribution is -0.00123. The van der Waals surface area contributed by atoms with Crippen molar-refractivity contribution >= 4 is 5.91 Å². The third kappa shape index (κ3) is 3.23. The fraction of sp³-hybridized carbons (Fsp3) is 0.278. The van der Waals surface area contributed by atoms with E-state index in [4.69, 9.17) is 4.74 Å². The van der Waals surface area contributed by atoms with Gasteiger partial charge in [0, 0.05) is 17.8 Å². The number of aromatic nitrogens is 4. The van der Waals surface area contributed by atoms with Crippen molar-refractivity contribution in [1.29, 1.82) is 0 Å². The second-order valence-electron chi connectivity index (χ2n) is 6.26. The highest BCUT2D eigenvalue weighted by Gasteiger charge is 2.24. The Morgan fingerprint density at radius 1 is 1.42 bits per heavy atom. The zero-order valence-corrected chi connectivity index (χ0v) is 14.2. The van der Waals surface area contributed by atoms with E-state index < -0.39 is 0 Å². The van der Waals surface area contributed by atoms with Crippen molar-refractivity contribution in [2.45, 2.75) is 32.7 Å². The van der Waals surface area contributed by atoms with Crippen molar-refractivity contribution < 1.29 is 13.9 Å². The van der Waals surface area contributed by atoms with Gasteiger partial charge in [-0.05, 0) is 30.7 Å².